The van der Waals surface area contributed by atoms with Gasteiger partial charge in [-0.2, -0.15) is 0 Å². The van der Waals surface area contributed by atoms with Crippen LogP contribution in [0, 0.1) is 11.8 Å². The van der Waals surface area contributed by atoms with E-state index >= 15 is 0 Å². The van der Waals surface area contributed by atoms with Gasteiger partial charge in [-0.05, 0) is 44.3 Å². The lowest BCUT2D eigenvalue weighted by atomic mass is 9.95. The highest BCUT2D eigenvalue weighted by atomic mass is 16.5. The highest BCUT2D eigenvalue weighted by Crippen LogP contribution is 2.19. The number of piperidine rings is 1. The van der Waals surface area contributed by atoms with Crippen molar-refractivity contribution in [1.82, 2.24) is 4.90 Å². The van der Waals surface area contributed by atoms with E-state index in [-0.39, 0.29) is 0 Å². The van der Waals surface area contributed by atoms with Gasteiger partial charge in [0.1, 0.15) is 0 Å². The number of rotatable bonds is 5. The van der Waals surface area contributed by atoms with Crippen molar-refractivity contribution in [2.45, 2.75) is 32.8 Å². The first-order valence-corrected chi connectivity index (χ1v) is 6.12. The van der Waals surface area contributed by atoms with Crippen LogP contribution in [0.4, 0.5) is 0 Å². The molecule has 0 aromatic heterocycles. The maximum Gasteiger partial charge on any atom is 0.0724 e. The Morgan fingerprint density at radius 3 is 2.87 bits per heavy atom. The SMILES string of the molecule is COC1CN(CCC(C)CN)CCC1C. The summed E-state index contributed by atoms with van der Waals surface area (Å²) in [6.07, 6.45) is 2.89. The van der Waals surface area contributed by atoms with Gasteiger partial charge < -0.3 is 15.4 Å². The number of methoxy groups -OCH3 is 1. The van der Waals surface area contributed by atoms with E-state index in [9.17, 15) is 0 Å². The summed E-state index contributed by atoms with van der Waals surface area (Å²) >= 11 is 0. The summed E-state index contributed by atoms with van der Waals surface area (Å²) in [5, 5.41) is 0. The fourth-order valence-electron chi connectivity index (χ4n) is 2.13. The van der Waals surface area contributed by atoms with Crippen LogP contribution in [0.1, 0.15) is 26.7 Å². The van der Waals surface area contributed by atoms with Gasteiger partial charge in [-0.15, -0.1) is 0 Å². The number of hydrogen-bond acceptors (Lipinski definition) is 3. The minimum absolute atomic E-state index is 0.423. The summed E-state index contributed by atoms with van der Waals surface area (Å²) in [6.45, 7) is 8.80. The molecule has 0 radical (unpaired) electrons. The second kappa shape index (κ2) is 6.46. The Morgan fingerprint density at radius 1 is 1.53 bits per heavy atom. The maximum atomic E-state index is 5.62. The van der Waals surface area contributed by atoms with E-state index in [0.29, 0.717) is 17.9 Å². The topological polar surface area (TPSA) is 38.5 Å². The van der Waals surface area contributed by atoms with E-state index in [1.807, 2.05) is 7.11 Å². The van der Waals surface area contributed by atoms with E-state index in [4.69, 9.17) is 10.5 Å². The van der Waals surface area contributed by atoms with E-state index in [2.05, 4.69) is 18.7 Å². The van der Waals surface area contributed by atoms with Crippen molar-refractivity contribution in [3.05, 3.63) is 0 Å². The first-order valence-electron chi connectivity index (χ1n) is 6.12. The monoisotopic (exact) mass is 214 g/mol. The van der Waals surface area contributed by atoms with Crippen LogP contribution in [0.3, 0.4) is 0 Å². The van der Waals surface area contributed by atoms with Crippen molar-refractivity contribution >= 4 is 0 Å². The summed E-state index contributed by atoms with van der Waals surface area (Å²) in [5.74, 6) is 1.35. The Bertz CT molecular complexity index is 175. The van der Waals surface area contributed by atoms with Gasteiger partial charge in [-0.1, -0.05) is 13.8 Å². The summed E-state index contributed by atoms with van der Waals surface area (Å²) in [4.78, 5) is 2.51. The number of hydrogen-bond donors (Lipinski definition) is 1. The normalized spacial score (nSPS) is 30.4. The lowest BCUT2D eigenvalue weighted by Crippen LogP contribution is -2.44. The molecule has 3 unspecified atom stereocenters. The number of nitrogens with two attached hydrogens (primary N) is 1. The number of ether oxygens (including phenoxy) is 1. The van der Waals surface area contributed by atoms with Gasteiger partial charge in [-0.3, -0.25) is 0 Å². The molecule has 15 heavy (non-hydrogen) atoms. The molecule has 1 aliphatic rings. The standard InChI is InChI=1S/C12H26N2O/c1-10(8-13)4-6-14-7-5-11(2)12(9-14)15-3/h10-12H,4-9,13H2,1-3H3. The molecule has 1 saturated heterocycles. The van der Waals surface area contributed by atoms with Crippen LogP contribution in [-0.2, 0) is 4.74 Å². The van der Waals surface area contributed by atoms with Gasteiger partial charge in [0.15, 0.2) is 0 Å². The number of likely N-dealkylation sites (tertiary alicyclic amines) is 1. The first kappa shape index (κ1) is 12.9. The van der Waals surface area contributed by atoms with Gasteiger partial charge in [0, 0.05) is 13.7 Å². The Hall–Kier alpha value is -0.120. The second-order valence-corrected chi connectivity index (χ2v) is 4.97. The number of nitrogens with zero attached hydrogens (tertiary/aromatic N) is 1. The third kappa shape index (κ3) is 4.09. The minimum atomic E-state index is 0.423. The zero-order chi connectivity index (χ0) is 11.3. The third-order valence-corrected chi connectivity index (χ3v) is 3.62. The highest BCUT2D eigenvalue weighted by Gasteiger charge is 2.25. The van der Waals surface area contributed by atoms with Gasteiger partial charge in [-0.25, -0.2) is 0 Å². The fourth-order valence-corrected chi connectivity index (χ4v) is 2.13. The van der Waals surface area contributed by atoms with E-state index in [0.717, 1.165) is 13.1 Å². The summed E-state index contributed by atoms with van der Waals surface area (Å²) in [6, 6.07) is 0. The predicted molar refractivity (Wildman–Crippen MR) is 63.9 cm³/mol. The molecule has 0 saturated carbocycles. The molecular weight excluding hydrogens is 188 g/mol. The van der Waals surface area contributed by atoms with Crippen molar-refractivity contribution < 1.29 is 4.74 Å². The molecule has 0 aliphatic carbocycles. The largest absolute Gasteiger partial charge is 0.380 e. The summed E-state index contributed by atoms with van der Waals surface area (Å²) in [7, 11) is 1.83. The van der Waals surface area contributed by atoms with Crippen molar-refractivity contribution in [1.29, 1.82) is 0 Å². The van der Waals surface area contributed by atoms with Crippen LogP contribution >= 0.6 is 0 Å². The molecule has 3 nitrogen and oxygen atoms in total. The second-order valence-electron chi connectivity index (χ2n) is 4.97. The summed E-state index contributed by atoms with van der Waals surface area (Å²) in [5.41, 5.74) is 5.62. The van der Waals surface area contributed by atoms with Crippen molar-refractivity contribution in [2.75, 3.05) is 33.3 Å². The lowest BCUT2D eigenvalue weighted by Gasteiger charge is -2.36. The molecule has 0 amide bonds. The van der Waals surface area contributed by atoms with Crippen molar-refractivity contribution in [2.24, 2.45) is 17.6 Å². The van der Waals surface area contributed by atoms with Crippen LogP contribution in [0.2, 0.25) is 0 Å². The van der Waals surface area contributed by atoms with Crippen LogP contribution in [0.25, 0.3) is 0 Å². The molecule has 3 atom stereocenters. The Kier molecular flexibility index (Phi) is 5.58. The fraction of sp³-hybridized carbons (Fsp3) is 1.00. The Morgan fingerprint density at radius 2 is 2.27 bits per heavy atom. The molecule has 1 rings (SSSR count). The van der Waals surface area contributed by atoms with Crippen LogP contribution in [0.15, 0.2) is 0 Å². The smallest absolute Gasteiger partial charge is 0.0724 e. The molecule has 1 aliphatic heterocycles. The Labute approximate surface area is 94.0 Å². The molecule has 0 aromatic rings. The molecule has 0 spiro atoms. The maximum absolute atomic E-state index is 5.62. The first-order chi connectivity index (χ1) is 7.17. The Balaban J connectivity index is 2.26. The van der Waals surface area contributed by atoms with Crippen molar-refractivity contribution in [3.63, 3.8) is 0 Å². The molecule has 1 fully saturated rings. The van der Waals surface area contributed by atoms with Gasteiger partial charge in [0.05, 0.1) is 6.10 Å². The molecule has 90 valence electrons. The van der Waals surface area contributed by atoms with Crippen LogP contribution in [0.5, 0.6) is 0 Å². The van der Waals surface area contributed by atoms with E-state index < -0.39 is 0 Å². The van der Waals surface area contributed by atoms with Crippen LogP contribution in [-0.4, -0.2) is 44.3 Å². The zero-order valence-corrected chi connectivity index (χ0v) is 10.4. The third-order valence-electron chi connectivity index (χ3n) is 3.62. The molecule has 0 bridgehead atoms. The molecule has 0 aromatic carbocycles. The van der Waals surface area contributed by atoms with Gasteiger partial charge >= 0.3 is 0 Å². The average molecular weight is 214 g/mol. The van der Waals surface area contributed by atoms with E-state index in [1.54, 1.807) is 0 Å². The molecular formula is C12H26N2O. The lowest BCUT2D eigenvalue weighted by molar-refractivity contribution is -0.00601. The zero-order valence-electron chi connectivity index (χ0n) is 10.4. The quantitative estimate of drug-likeness (QED) is 0.750. The molecule has 2 N–H and O–H groups in total. The summed E-state index contributed by atoms with van der Waals surface area (Å²) < 4.78 is 5.50. The average Bonchev–Trinajstić information content (AvgIpc) is 2.27. The molecule has 3 heteroatoms. The van der Waals surface area contributed by atoms with Crippen LogP contribution < -0.4 is 5.73 Å². The van der Waals surface area contributed by atoms with E-state index in [1.165, 1.54) is 25.9 Å². The predicted octanol–water partition coefficient (Wildman–Crippen LogP) is 1.33. The molecule has 1 heterocycles. The minimum Gasteiger partial charge on any atom is -0.380 e. The van der Waals surface area contributed by atoms with Gasteiger partial charge in [0.2, 0.25) is 0 Å². The van der Waals surface area contributed by atoms with Gasteiger partial charge in [0.25, 0.3) is 0 Å². The van der Waals surface area contributed by atoms with Crippen molar-refractivity contribution in [3.8, 4) is 0 Å². The highest BCUT2D eigenvalue weighted by molar-refractivity contribution is 4.78.